The number of carbonyl (C=O) groups is 1. The number of hydrazine groups is 1. The summed E-state index contributed by atoms with van der Waals surface area (Å²) in [5.41, 5.74) is -0.336. The lowest BCUT2D eigenvalue weighted by molar-refractivity contribution is -0.140. The van der Waals surface area contributed by atoms with Gasteiger partial charge < -0.3 is 0 Å². The molecule has 1 aliphatic rings. The molecule has 11 heavy (non-hydrogen) atoms. The molecule has 0 heterocycles. The van der Waals surface area contributed by atoms with E-state index < -0.39 is 0 Å². The van der Waals surface area contributed by atoms with Crippen LogP contribution in [0.2, 0.25) is 0 Å². The predicted molar refractivity (Wildman–Crippen MR) is 43.5 cm³/mol. The van der Waals surface area contributed by atoms with Gasteiger partial charge in [0.15, 0.2) is 0 Å². The monoisotopic (exact) mass is 156 g/mol. The third kappa shape index (κ3) is 1.93. The van der Waals surface area contributed by atoms with Crippen LogP contribution in [0.25, 0.3) is 0 Å². The van der Waals surface area contributed by atoms with Crippen molar-refractivity contribution in [1.82, 2.24) is 5.01 Å². The average molecular weight is 156 g/mol. The van der Waals surface area contributed by atoms with E-state index in [9.17, 15) is 4.79 Å². The highest BCUT2D eigenvalue weighted by Crippen LogP contribution is 2.27. The van der Waals surface area contributed by atoms with E-state index in [1.54, 1.807) is 0 Å². The van der Waals surface area contributed by atoms with E-state index in [2.05, 4.69) is 0 Å². The molecule has 0 saturated heterocycles. The van der Waals surface area contributed by atoms with E-state index in [-0.39, 0.29) is 11.3 Å². The highest BCUT2D eigenvalue weighted by Gasteiger charge is 2.35. The molecule has 1 saturated carbocycles. The highest BCUT2D eigenvalue weighted by molar-refractivity contribution is 5.81. The van der Waals surface area contributed by atoms with Gasteiger partial charge in [-0.05, 0) is 12.8 Å². The second-order valence-corrected chi connectivity index (χ2v) is 4.19. The second-order valence-electron chi connectivity index (χ2n) is 4.19. The minimum atomic E-state index is -0.336. The summed E-state index contributed by atoms with van der Waals surface area (Å²) in [6, 6.07) is 0.321. The Labute approximate surface area is 67.5 Å². The molecule has 3 nitrogen and oxygen atoms in total. The van der Waals surface area contributed by atoms with Gasteiger partial charge in [0.25, 0.3) is 0 Å². The maximum absolute atomic E-state index is 11.4. The van der Waals surface area contributed by atoms with Crippen LogP contribution in [0.15, 0.2) is 0 Å². The Hall–Kier alpha value is -0.570. The van der Waals surface area contributed by atoms with E-state index in [0.717, 1.165) is 12.8 Å². The molecule has 1 rings (SSSR count). The largest absolute Gasteiger partial charge is 0.277 e. The summed E-state index contributed by atoms with van der Waals surface area (Å²) in [6.07, 6.45) is 2.14. The molecule has 1 fully saturated rings. The van der Waals surface area contributed by atoms with E-state index in [1.165, 1.54) is 5.01 Å². The number of hydrogen-bond donors (Lipinski definition) is 1. The molecule has 64 valence electrons. The lowest BCUT2D eigenvalue weighted by Crippen LogP contribution is -2.45. The van der Waals surface area contributed by atoms with Gasteiger partial charge in [-0.3, -0.25) is 9.80 Å². The smallest absolute Gasteiger partial charge is 0.242 e. The van der Waals surface area contributed by atoms with Crippen molar-refractivity contribution in [3.63, 3.8) is 0 Å². The van der Waals surface area contributed by atoms with Crippen LogP contribution in [0.5, 0.6) is 0 Å². The highest BCUT2D eigenvalue weighted by atomic mass is 16.2. The van der Waals surface area contributed by atoms with Crippen LogP contribution in [0.3, 0.4) is 0 Å². The van der Waals surface area contributed by atoms with Gasteiger partial charge in [0.05, 0.1) is 0 Å². The van der Waals surface area contributed by atoms with Crippen LogP contribution < -0.4 is 5.84 Å². The second kappa shape index (κ2) is 2.48. The van der Waals surface area contributed by atoms with Gasteiger partial charge in [0, 0.05) is 11.5 Å². The van der Waals surface area contributed by atoms with Gasteiger partial charge in [-0.1, -0.05) is 20.8 Å². The Balaban J connectivity index is 2.52. The minimum Gasteiger partial charge on any atom is -0.277 e. The number of amides is 1. The van der Waals surface area contributed by atoms with Crippen LogP contribution in [-0.4, -0.2) is 17.0 Å². The first-order valence-electron chi connectivity index (χ1n) is 4.01. The van der Waals surface area contributed by atoms with Crippen molar-refractivity contribution < 1.29 is 4.79 Å². The molecule has 3 heteroatoms. The summed E-state index contributed by atoms with van der Waals surface area (Å²) in [6.45, 7) is 5.66. The van der Waals surface area contributed by atoms with Crippen molar-refractivity contribution in [1.29, 1.82) is 0 Å². The molecule has 0 aliphatic heterocycles. The van der Waals surface area contributed by atoms with Crippen molar-refractivity contribution in [3.05, 3.63) is 0 Å². The van der Waals surface area contributed by atoms with Crippen LogP contribution >= 0.6 is 0 Å². The van der Waals surface area contributed by atoms with Gasteiger partial charge in [0.1, 0.15) is 0 Å². The fourth-order valence-electron chi connectivity index (χ4n) is 0.906. The summed E-state index contributed by atoms with van der Waals surface area (Å²) in [4.78, 5) is 11.4. The Morgan fingerprint density at radius 3 is 2.18 bits per heavy atom. The summed E-state index contributed by atoms with van der Waals surface area (Å²) >= 11 is 0. The Morgan fingerprint density at radius 2 is 1.91 bits per heavy atom. The maximum atomic E-state index is 11.4. The summed E-state index contributed by atoms with van der Waals surface area (Å²) in [7, 11) is 0. The molecule has 0 aromatic carbocycles. The molecule has 0 aromatic rings. The van der Waals surface area contributed by atoms with Crippen molar-refractivity contribution in [3.8, 4) is 0 Å². The van der Waals surface area contributed by atoms with Crippen molar-refractivity contribution in [2.45, 2.75) is 39.7 Å². The van der Waals surface area contributed by atoms with Crippen LogP contribution in [0, 0.1) is 5.41 Å². The molecule has 2 N–H and O–H groups in total. The fourth-order valence-corrected chi connectivity index (χ4v) is 0.906. The lowest BCUT2D eigenvalue weighted by atomic mass is 9.95. The SMILES string of the molecule is CC(C)(C)C(=O)N(N)C1CC1. The van der Waals surface area contributed by atoms with Gasteiger partial charge in [-0.25, -0.2) is 5.84 Å². The zero-order valence-electron chi connectivity index (χ0n) is 7.42. The summed E-state index contributed by atoms with van der Waals surface area (Å²) in [5.74, 6) is 5.63. The van der Waals surface area contributed by atoms with Crippen LogP contribution in [0.1, 0.15) is 33.6 Å². The van der Waals surface area contributed by atoms with Crippen LogP contribution in [0.4, 0.5) is 0 Å². The molecule has 0 aromatic heterocycles. The molecular weight excluding hydrogens is 140 g/mol. The normalized spacial score (nSPS) is 18.2. The molecule has 0 atom stereocenters. The number of nitrogens with two attached hydrogens (primary N) is 1. The van der Waals surface area contributed by atoms with Gasteiger partial charge in [0.2, 0.25) is 5.91 Å². The van der Waals surface area contributed by atoms with Gasteiger partial charge in [-0.2, -0.15) is 0 Å². The third-order valence-corrected chi connectivity index (χ3v) is 1.82. The van der Waals surface area contributed by atoms with E-state index in [0.29, 0.717) is 6.04 Å². The van der Waals surface area contributed by atoms with Crippen molar-refractivity contribution in [2.24, 2.45) is 11.3 Å². The molecule has 1 aliphatic carbocycles. The molecule has 1 amide bonds. The third-order valence-electron chi connectivity index (χ3n) is 1.82. The number of carbonyl (C=O) groups excluding carboxylic acids is 1. The van der Waals surface area contributed by atoms with Crippen molar-refractivity contribution >= 4 is 5.91 Å². The Morgan fingerprint density at radius 1 is 1.45 bits per heavy atom. The van der Waals surface area contributed by atoms with E-state index in [4.69, 9.17) is 5.84 Å². The minimum absolute atomic E-state index is 0.0417. The number of nitrogens with zero attached hydrogens (tertiary/aromatic N) is 1. The molecule has 0 spiro atoms. The molecule has 0 bridgehead atoms. The Bertz CT molecular complexity index is 167. The lowest BCUT2D eigenvalue weighted by Gasteiger charge is -2.24. The van der Waals surface area contributed by atoms with E-state index in [1.807, 2.05) is 20.8 Å². The first-order chi connectivity index (χ1) is 4.93. The first kappa shape index (κ1) is 8.53. The Kier molecular flexibility index (Phi) is 1.92. The van der Waals surface area contributed by atoms with Crippen molar-refractivity contribution in [2.75, 3.05) is 0 Å². The first-order valence-corrected chi connectivity index (χ1v) is 4.01. The maximum Gasteiger partial charge on any atom is 0.242 e. The summed E-state index contributed by atoms with van der Waals surface area (Å²) < 4.78 is 0. The van der Waals surface area contributed by atoms with Gasteiger partial charge in [-0.15, -0.1) is 0 Å². The standard InChI is InChI=1S/C8H16N2O/c1-8(2,3)7(11)10(9)6-4-5-6/h6H,4-5,9H2,1-3H3. The molecule has 0 unspecified atom stereocenters. The topological polar surface area (TPSA) is 46.3 Å². The molecular formula is C8H16N2O. The van der Waals surface area contributed by atoms with Crippen LogP contribution in [-0.2, 0) is 4.79 Å². The zero-order chi connectivity index (χ0) is 8.65. The zero-order valence-corrected chi connectivity index (χ0v) is 7.42. The average Bonchev–Trinajstić information content (AvgIpc) is 2.63. The quantitative estimate of drug-likeness (QED) is 0.348. The summed E-state index contributed by atoms with van der Waals surface area (Å²) in [5, 5.41) is 1.39. The number of rotatable bonds is 1. The number of hydrogen-bond acceptors (Lipinski definition) is 2. The van der Waals surface area contributed by atoms with E-state index >= 15 is 0 Å². The fraction of sp³-hybridized carbons (Fsp3) is 0.875. The van der Waals surface area contributed by atoms with Gasteiger partial charge >= 0.3 is 0 Å². The molecule has 0 radical (unpaired) electrons. The predicted octanol–water partition coefficient (Wildman–Crippen LogP) is 0.897.